The van der Waals surface area contributed by atoms with Crippen LogP contribution in [0.5, 0.6) is 5.75 Å². The summed E-state index contributed by atoms with van der Waals surface area (Å²) in [6.07, 6.45) is 3.96. The highest BCUT2D eigenvalue weighted by molar-refractivity contribution is 5.94. The Morgan fingerprint density at radius 2 is 1.81 bits per heavy atom. The molecule has 2 aromatic rings. The molecule has 168 valence electrons. The topological polar surface area (TPSA) is 84.9 Å². The van der Waals surface area contributed by atoms with E-state index in [2.05, 4.69) is 5.32 Å². The van der Waals surface area contributed by atoms with E-state index in [1.54, 1.807) is 48.2 Å². The van der Waals surface area contributed by atoms with Crippen LogP contribution >= 0.6 is 0 Å². The number of nitrogens with one attached hydrogen (secondary N) is 1. The molecule has 1 aliphatic rings. The molecule has 0 bridgehead atoms. The standard InChI is InChI=1S/C25H28N2O5/c1-3-31-25(30)32-22-10-8-20(9-11-22)24(29)27-15-13-21(14-16-27)26-23(28)12-7-19-6-4-5-18(2)17-19/h4-12,17,21H,3,13-16H2,1-2H3,(H,26,28)/b12-7+. The molecule has 0 radical (unpaired) electrons. The Bertz CT molecular complexity index is 976. The third-order valence-corrected chi connectivity index (χ3v) is 5.16. The first kappa shape index (κ1) is 23.1. The van der Waals surface area contributed by atoms with Gasteiger partial charge in [-0.1, -0.05) is 29.8 Å². The van der Waals surface area contributed by atoms with E-state index in [1.807, 2.05) is 31.2 Å². The smallest absolute Gasteiger partial charge is 0.434 e. The number of likely N-dealkylation sites (tertiary alicyclic amines) is 1. The van der Waals surface area contributed by atoms with Crippen LogP contribution in [0.1, 0.15) is 41.3 Å². The van der Waals surface area contributed by atoms with E-state index in [0.717, 1.165) is 11.1 Å². The number of aryl methyl sites for hydroxylation is 1. The van der Waals surface area contributed by atoms with Crippen molar-refractivity contribution < 1.29 is 23.9 Å². The molecule has 0 spiro atoms. The highest BCUT2D eigenvalue weighted by Crippen LogP contribution is 2.18. The second-order valence-electron chi connectivity index (χ2n) is 7.63. The molecule has 2 aromatic carbocycles. The molecule has 32 heavy (non-hydrogen) atoms. The molecule has 1 saturated heterocycles. The van der Waals surface area contributed by atoms with E-state index in [-0.39, 0.29) is 24.5 Å². The van der Waals surface area contributed by atoms with Gasteiger partial charge in [0.1, 0.15) is 5.75 Å². The quantitative estimate of drug-likeness (QED) is 0.421. The Morgan fingerprint density at radius 1 is 1.09 bits per heavy atom. The molecule has 7 nitrogen and oxygen atoms in total. The monoisotopic (exact) mass is 436 g/mol. The molecule has 0 saturated carbocycles. The lowest BCUT2D eigenvalue weighted by molar-refractivity contribution is -0.117. The number of amides is 2. The maximum Gasteiger partial charge on any atom is 0.513 e. The number of hydrogen-bond donors (Lipinski definition) is 1. The minimum Gasteiger partial charge on any atom is -0.434 e. The number of rotatable bonds is 6. The fourth-order valence-electron chi connectivity index (χ4n) is 3.51. The third-order valence-electron chi connectivity index (χ3n) is 5.16. The summed E-state index contributed by atoms with van der Waals surface area (Å²) >= 11 is 0. The molecule has 0 atom stereocenters. The number of nitrogens with zero attached hydrogens (tertiary/aromatic N) is 1. The summed E-state index contributed by atoms with van der Waals surface area (Å²) in [6.45, 7) is 5.06. The predicted molar refractivity (Wildman–Crippen MR) is 121 cm³/mol. The summed E-state index contributed by atoms with van der Waals surface area (Å²) in [6, 6.07) is 14.4. The van der Waals surface area contributed by atoms with Crippen LogP contribution in [-0.4, -0.2) is 48.6 Å². The van der Waals surface area contributed by atoms with Gasteiger partial charge >= 0.3 is 6.16 Å². The summed E-state index contributed by atoms with van der Waals surface area (Å²) in [5, 5.41) is 3.01. The Balaban J connectivity index is 1.46. The van der Waals surface area contributed by atoms with Crippen molar-refractivity contribution in [1.82, 2.24) is 10.2 Å². The second kappa shape index (κ2) is 11.1. The van der Waals surface area contributed by atoms with Gasteiger partial charge in [-0.2, -0.15) is 0 Å². The number of carbonyl (C=O) groups excluding carboxylic acids is 3. The number of ether oxygens (including phenoxy) is 2. The molecule has 1 fully saturated rings. The SMILES string of the molecule is CCOC(=O)Oc1ccc(C(=O)N2CCC(NC(=O)/C=C/c3cccc(C)c3)CC2)cc1. The maximum atomic E-state index is 12.7. The molecule has 0 unspecified atom stereocenters. The molecular weight excluding hydrogens is 408 g/mol. The Kier molecular flexibility index (Phi) is 8.02. The average Bonchev–Trinajstić information content (AvgIpc) is 2.78. The third kappa shape index (κ3) is 6.70. The van der Waals surface area contributed by atoms with Gasteiger partial charge in [0.2, 0.25) is 5.91 Å². The van der Waals surface area contributed by atoms with Gasteiger partial charge in [0.15, 0.2) is 0 Å². The predicted octanol–water partition coefficient (Wildman–Crippen LogP) is 3.96. The second-order valence-corrected chi connectivity index (χ2v) is 7.63. The van der Waals surface area contributed by atoms with Crippen LogP contribution in [0, 0.1) is 6.92 Å². The van der Waals surface area contributed by atoms with Gasteiger partial charge in [0.05, 0.1) is 6.61 Å². The average molecular weight is 437 g/mol. The fourth-order valence-corrected chi connectivity index (χ4v) is 3.51. The lowest BCUT2D eigenvalue weighted by Crippen LogP contribution is -2.46. The van der Waals surface area contributed by atoms with Gasteiger partial charge in [0, 0.05) is 30.8 Å². The minimum absolute atomic E-state index is 0.0362. The van der Waals surface area contributed by atoms with Crippen LogP contribution in [0.25, 0.3) is 6.08 Å². The van der Waals surface area contributed by atoms with Crippen molar-refractivity contribution >= 4 is 24.0 Å². The number of piperidine rings is 1. The van der Waals surface area contributed by atoms with E-state index < -0.39 is 6.16 Å². The van der Waals surface area contributed by atoms with E-state index in [9.17, 15) is 14.4 Å². The molecule has 7 heteroatoms. The van der Waals surface area contributed by atoms with E-state index in [4.69, 9.17) is 9.47 Å². The van der Waals surface area contributed by atoms with Crippen molar-refractivity contribution in [1.29, 1.82) is 0 Å². The summed E-state index contributed by atoms with van der Waals surface area (Å²) in [4.78, 5) is 38.1. The van der Waals surface area contributed by atoms with E-state index >= 15 is 0 Å². The summed E-state index contributed by atoms with van der Waals surface area (Å²) < 4.78 is 9.74. The molecule has 1 N–H and O–H groups in total. The Labute approximate surface area is 188 Å². The van der Waals surface area contributed by atoms with Crippen LogP contribution in [0.15, 0.2) is 54.6 Å². The maximum absolute atomic E-state index is 12.7. The van der Waals surface area contributed by atoms with Gasteiger partial charge in [-0.05, 0) is 62.6 Å². The van der Waals surface area contributed by atoms with Crippen molar-refractivity contribution in [3.05, 3.63) is 71.3 Å². The van der Waals surface area contributed by atoms with Gasteiger partial charge in [-0.25, -0.2) is 4.79 Å². The summed E-state index contributed by atoms with van der Waals surface area (Å²) in [7, 11) is 0. The molecule has 2 amide bonds. The van der Waals surface area contributed by atoms with Crippen LogP contribution < -0.4 is 10.1 Å². The molecule has 1 heterocycles. The summed E-state index contributed by atoms with van der Waals surface area (Å²) in [5.41, 5.74) is 2.65. The first-order valence-corrected chi connectivity index (χ1v) is 10.7. The van der Waals surface area contributed by atoms with Crippen LogP contribution in [0.2, 0.25) is 0 Å². The first-order valence-electron chi connectivity index (χ1n) is 10.7. The zero-order chi connectivity index (χ0) is 22.9. The summed E-state index contributed by atoms with van der Waals surface area (Å²) in [5.74, 6) is 0.102. The van der Waals surface area contributed by atoms with Crippen molar-refractivity contribution in [2.75, 3.05) is 19.7 Å². The normalized spacial score (nSPS) is 14.2. The minimum atomic E-state index is -0.774. The van der Waals surface area contributed by atoms with Crippen LogP contribution in [0.3, 0.4) is 0 Å². The zero-order valence-corrected chi connectivity index (χ0v) is 18.4. The van der Waals surface area contributed by atoms with Gasteiger partial charge < -0.3 is 19.7 Å². The number of hydrogen-bond acceptors (Lipinski definition) is 5. The van der Waals surface area contributed by atoms with Gasteiger partial charge in [-0.3, -0.25) is 9.59 Å². The molecule has 1 aliphatic heterocycles. The molecule has 3 rings (SSSR count). The van der Waals surface area contributed by atoms with E-state index in [0.29, 0.717) is 37.2 Å². The van der Waals surface area contributed by atoms with E-state index in [1.165, 1.54) is 0 Å². The van der Waals surface area contributed by atoms with Crippen molar-refractivity contribution in [2.24, 2.45) is 0 Å². The Morgan fingerprint density at radius 3 is 2.47 bits per heavy atom. The molecule has 0 aromatic heterocycles. The highest BCUT2D eigenvalue weighted by atomic mass is 16.7. The zero-order valence-electron chi connectivity index (χ0n) is 18.4. The van der Waals surface area contributed by atoms with Gasteiger partial charge in [-0.15, -0.1) is 0 Å². The number of benzene rings is 2. The van der Waals surface area contributed by atoms with Crippen molar-refractivity contribution in [2.45, 2.75) is 32.7 Å². The van der Waals surface area contributed by atoms with Crippen molar-refractivity contribution in [3.63, 3.8) is 0 Å². The highest BCUT2D eigenvalue weighted by Gasteiger charge is 2.24. The number of carbonyl (C=O) groups is 3. The lowest BCUT2D eigenvalue weighted by Gasteiger charge is -2.32. The molecule has 0 aliphatic carbocycles. The van der Waals surface area contributed by atoms with Crippen LogP contribution in [0.4, 0.5) is 4.79 Å². The Hall–Kier alpha value is -3.61. The lowest BCUT2D eigenvalue weighted by atomic mass is 10.0. The molecular formula is C25H28N2O5. The van der Waals surface area contributed by atoms with Gasteiger partial charge in [0.25, 0.3) is 5.91 Å². The largest absolute Gasteiger partial charge is 0.513 e. The van der Waals surface area contributed by atoms with Crippen molar-refractivity contribution in [3.8, 4) is 5.75 Å². The first-order chi connectivity index (χ1) is 15.4. The van der Waals surface area contributed by atoms with Crippen LogP contribution in [-0.2, 0) is 9.53 Å². The fraction of sp³-hybridized carbons (Fsp3) is 0.320.